The van der Waals surface area contributed by atoms with E-state index in [1.807, 2.05) is 54.2 Å². The van der Waals surface area contributed by atoms with Crippen LogP contribution in [-0.2, 0) is 6.54 Å². The van der Waals surface area contributed by atoms with Gasteiger partial charge in [0.25, 0.3) is 5.91 Å². The lowest BCUT2D eigenvalue weighted by Crippen LogP contribution is -2.29. The summed E-state index contributed by atoms with van der Waals surface area (Å²) < 4.78 is 5.84. The van der Waals surface area contributed by atoms with E-state index in [1.165, 1.54) is 0 Å². The maximum Gasteiger partial charge on any atom is 0.255 e. The van der Waals surface area contributed by atoms with Gasteiger partial charge in [-0.15, -0.1) is 0 Å². The average molecular weight is 534 g/mol. The first-order chi connectivity index (χ1) is 16.8. The Labute approximate surface area is 220 Å². The molecule has 0 N–H and O–H groups in total. The van der Waals surface area contributed by atoms with Crippen molar-refractivity contribution < 1.29 is 9.53 Å². The van der Waals surface area contributed by atoms with Crippen LogP contribution in [0, 0.1) is 5.92 Å². The molecule has 3 aromatic rings. The third-order valence-electron chi connectivity index (χ3n) is 6.09. The van der Waals surface area contributed by atoms with Gasteiger partial charge in [0.2, 0.25) is 5.88 Å². The standard InChI is InChI=1S/C26H27Cl3N4O2/c1-32(2)15-21-6-3-18(12-30-21)26(34)33-14-19(9-10-35-25-8-5-20(27)13-31-25)22(16-33)17-4-7-23(28)24(29)11-17/h3-8,11-13,19,22H,9-10,14-16H2,1-2H3/t19-,22-/m1/s1. The topological polar surface area (TPSA) is 58.6 Å². The van der Waals surface area contributed by atoms with Gasteiger partial charge in [-0.3, -0.25) is 9.78 Å². The fourth-order valence-electron chi connectivity index (χ4n) is 4.36. The smallest absolute Gasteiger partial charge is 0.255 e. The van der Waals surface area contributed by atoms with Crippen LogP contribution >= 0.6 is 34.8 Å². The average Bonchev–Trinajstić information content (AvgIpc) is 3.26. The number of rotatable bonds is 8. The number of ether oxygens (including phenoxy) is 1. The van der Waals surface area contributed by atoms with Crippen molar-refractivity contribution in [1.82, 2.24) is 19.8 Å². The second kappa shape index (κ2) is 11.6. The number of nitrogens with zero attached hydrogens (tertiary/aromatic N) is 4. The van der Waals surface area contributed by atoms with E-state index >= 15 is 0 Å². The summed E-state index contributed by atoms with van der Waals surface area (Å²) in [5.74, 6) is 0.790. The van der Waals surface area contributed by atoms with Gasteiger partial charge in [0.15, 0.2) is 0 Å². The maximum atomic E-state index is 13.3. The summed E-state index contributed by atoms with van der Waals surface area (Å²) in [6.45, 7) is 2.39. The molecule has 3 heterocycles. The van der Waals surface area contributed by atoms with Gasteiger partial charge in [-0.1, -0.05) is 40.9 Å². The molecule has 9 heteroatoms. The number of amides is 1. The number of carbonyl (C=O) groups is 1. The van der Waals surface area contributed by atoms with Gasteiger partial charge < -0.3 is 14.5 Å². The van der Waals surface area contributed by atoms with Crippen LogP contribution in [0.25, 0.3) is 0 Å². The molecule has 0 bridgehead atoms. The Morgan fingerprint density at radius 1 is 1.03 bits per heavy atom. The molecule has 35 heavy (non-hydrogen) atoms. The van der Waals surface area contributed by atoms with Crippen molar-refractivity contribution >= 4 is 40.7 Å². The normalized spacial score (nSPS) is 17.7. The molecule has 2 atom stereocenters. The van der Waals surface area contributed by atoms with E-state index in [2.05, 4.69) is 9.97 Å². The van der Waals surface area contributed by atoms with Crippen LogP contribution in [-0.4, -0.2) is 59.5 Å². The molecule has 1 aromatic carbocycles. The van der Waals surface area contributed by atoms with Crippen LogP contribution in [0.2, 0.25) is 15.1 Å². The molecule has 0 radical (unpaired) electrons. The predicted octanol–water partition coefficient (Wildman–Crippen LogP) is 5.82. The molecule has 1 amide bonds. The molecule has 0 unspecified atom stereocenters. The molecule has 6 nitrogen and oxygen atoms in total. The highest BCUT2D eigenvalue weighted by molar-refractivity contribution is 6.42. The molecule has 184 valence electrons. The minimum Gasteiger partial charge on any atom is -0.478 e. The fourth-order valence-corrected chi connectivity index (χ4v) is 4.78. The Hall–Kier alpha value is -2.38. The van der Waals surface area contributed by atoms with Gasteiger partial charge in [0, 0.05) is 44.0 Å². The van der Waals surface area contributed by atoms with Gasteiger partial charge in [0.05, 0.1) is 32.9 Å². The number of likely N-dealkylation sites (tertiary alicyclic amines) is 1. The molecule has 4 rings (SSSR count). The zero-order valence-electron chi connectivity index (χ0n) is 19.6. The fraction of sp³-hybridized carbons (Fsp3) is 0.346. The highest BCUT2D eigenvalue weighted by Crippen LogP contribution is 2.37. The molecule has 0 saturated carbocycles. The summed E-state index contributed by atoms with van der Waals surface area (Å²) in [6, 6.07) is 12.9. The van der Waals surface area contributed by atoms with Crippen LogP contribution in [0.1, 0.15) is 34.0 Å². The second-order valence-electron chi connectivity index (χ2n) is 8.98. The van der Waals surface area contributed by atoms with E-state index < -0.39 is 0 Å². The van der Waals surface area contributed by atoms with Crippen molar-refractivity contribution in [2.24, 2.45) is 5.92 Å². The monoisotopic (exact) mass is 532 g/mol. The largest absolute Gasteiger partial charge is 0.478 e. The van der Waals surface area contributed by atoms with Gasteiger partial charge in [-0.2, -0.15) is 0 Å². The number of hydrogen-bond acceptors (Lipinski definition) is 5. The number of halogens is 3. The van der Waals surface area contributed by atoms with Crippen LogP contribution in [0.3, 0.4) is 0 Å². The summed E-state index contributed by atoms with van der Waals surface area (Å²) in [6.07, 6.45) is 3.97. The molecular weight excluding hydrogens is 507 g/mol. The van der Waals surface area contributed by atoms with E-state index in [1.54, 1.807) is 24.5 Å². The highest BCUT2D eigenvalue weighted by Gasteiger charge is 2.36. The zero-order chi connectivity index (χ0) is 24.9. The highest BCUT2D eigenvalue weighted by atomic mass is 35.5. The first-order valence-electron chi connectivity index (χ1n) is 11.4. The van der Waals surface area contributed by atoms with Crippen LogP contribution in [0.4, 0.5) is 0 Å². The zero-order valence-corrected chi connectivity index (χ0v) is 21.9. The predicted molar refractivity (Wildman–Crippen MR) is 140 cm³/mol. The molecule has 0 spiro atoms. The lowest BCUT2D eigenvalue weighted by Gasteiger charge is -2.19. The Kier molecular flexibility index (Phi) is 8.50. The van der Waals surface area contributed by atoms with Crippen LogP contribution in [0.5, 0.6) is 5.88 Å². The SMILES string of the molecule is CN(C)Cc1ccc(C(=O)N2C[C@@H](CCOc3ccc(Cl)cn3)[C@@H](c3ccc(Cl)c(Cl)c3)C2)cn1. The van der Waals surface area contributed by atoms with Gasteiger partial charge in [-0.05, 0) is 62.3 Å². The van der Waals surface area contributed by atoms with E-state index in [4.69, 9.17) is 39.5 Å². The summed E-state index contributed by atoms with van der Waals surface area (Å²) in [5, 5.41) is 1.58. The first kappa shape index (κ1) is 25.7. The summed E-state index contributed by atoms with van der Waals surface area (Å²) >= 11 is 18.4. The van der Waals surface area contributed by atoms with Crippen molar-refractivity contribution in [3.05, 3.63) is 86.7 Å². The van der Waals surface area contributed by atoms with Gasteiger partial charge >= 0.3 is 0 Å². The van der Waals surface area contributed by atoms with Crippen molar-refractivity contribution in [1.29, 1.82) is 0 Å². The van der Waals surface area contributed by atoms with Gasteiger partial charge in [0.1, 0.15) is 0 Å². The summed E-state index contributed by atoms with van der Waals surface area (Å²) in [4.78, 5) is 25.9. The lowest BCUT2D eigenvalue weighted by atomic mass is 9.87. The van der Waals surface area contributed by atoms with Crippen molar-refractivity contribution in [2.75, 3.05) is 33.8 Å². The number of benzene rings is 1. The molecule has 0 aliphatic carbocycles. The summed E-state index contributed by atoms with van der Waals surface area (Å²) in [5.41, 5.74) is 2.57. The molecular formula is C26H27Cl3N4O2. The van der Waals surface area contributed by atoms with Crippen molar-refractivity contribution in [3.8, 4) is 5.88 Å². The lowest BCUT2D eigenvalue weighted by molar-refractivity contribution is 0.0783. The molecule has 1 saturated heterocycles. The van der Waals surface area contributed by atoms with Crippen LogP contribution < -0.4 is 4.74 Å². The Morgan fingerprint density at radius 3 is 2.51 bits per heavy atom. The minimum atomic E-state index is -0.0262. The Bertz CT molecular complexity index is 1160. The number of pyridine rings is 2. The third-order valence-corrected chi connectivity index (χ3v) is 7.05. The molecule has 2 aromatic heterocycles. The van der Waals surface area contributed by atoms with Crippen LogP contribution in [0.15, 0.2) is 54.9 Å². The van der Waals surface area contributed by atoms with Gasteiger partial charge in [-0.25, -0.2) is 4.98 Å². The molecule has 1 fully saturated rings. The van der Waals surface area contributed by atoms with E-state index in [0.29, 0.717) is 46.2 Å². The maximum absolute atomic E-state index is 13.3. The number of carbonyl (C=O) groups excluding carboxylic acids is 1. The van der Waals surface area contributed by atoms with E-state index in [9.17, 15) is 4.79 Å². The quantitative estimate of drug-likeness (QED) is 0.365. The Balaban J connectivity index is 1.48. The third kappa shape index (κ3) is 6.64. The Morgan fingerprint density at radius 2 is 1.86 bits per heavy atom. The minimum absolute atomic E-state index is 0.0262. The van der Waals surface area contributed by atoms with Crippen molar-refractivity contribution in [2.45, 2.75) is 18.9 Å². The van der Waals surface area contributed by atoms with Crippen molar-refractivity contribution in [3.63, 3.8) is 0 Å². The van der Waals surface area contributed by atoms with E-state index in [-0.39, 0.29) is 17.7 Å². The molecule has 1 aliphatic rings. The number of aromatic nitrogens is 2. The number of hydrogen-bond donors (Lipinski definition) is 0. The summed E-state index contributed by atoms with van der Waals surface area (Å²) in [7, 11) is 3.97. The first-order valence-corrected chi connectivity index (χ1v) is 12.5. The molecule has 1 aliphatic heterocycles. The second-order valence-corrected chi connectivity index (χ2v) is 10.2. The van der Waals surface area contributed by atoms with E-state index in [0.717, 1.165) is 24.2 Å².